The molecule has 2 aliphatic rings. The largest absolute Gasteiger partial charge is 0.490 e. The Hall–Kier alpha value is -4.73. The van der Waals surface area contributed by atoms with Gasteiger partial charge in [0, 0.05) is 56.7 Å². The summed E-state index contributed by atoms with van der Waals surface area (Å²) in [6, 6.07) is 6.11. The van der Waals surface area contributed by atoms with Crippen LogP contribution in [-0.4, -0.2) is 96.0 Å². The summed E-state index contributed by atoms with van der Waals surface area (Å²) in [4.78, 5) is 38.3. The van der Waals surface area contributed by atoms with E-state index in [9.17, 15) is 39.5 Å². The number of rotatable bonds is 3. The van der Waals surface area contributed by atoms with Crippen molar-refractivity contribution in [3.8, 4) is 11.3 Å². The molecular formula is C26H27F9N6O7. The van der Waals surface area contributed by atoms with E-state index in [0.717, 1.165) is 62.6 Å². The van der Waals surface area contributed by atoms with Gasteiger partial charge >= 0.3 is 36.4 Å². The Kier molecular flexibility index (Phi) is 13.1. The van der Waals surface area contributed by atoms with Gasteiger partial charge in [0.15, 0.2) is 0 Å². The van der Waals surface area contributed by atoms with E-state index in [0.29, 0.717) is 0 Å². The lowest BCUT2D eigenvalue weighted by molar-refractivity contribution is -0.193. The lowest BCUT2D eigenvalue weighted by atomic mass is 9.85. The molecule has 4 N–H and O–H groups in total. The first kappa shape index (κ1) is 39.4. The van der Waals surface area contributed by atoms with E-state index in [1.807, 2.05) is 37.6 Å². The Labute approximate surface area is 264 Å². The van der Waals surface area contributed by atoms with E-state index < -0.39 is 36.4 Å². The second-order valence-corrected chi connectivity index (χ2v) is 9.98. The van der Waals surface area contributed by atoms with Gasteiger partial charge in [-0.1, -0.05) is 5.16 Å². The minimum Gasteiger partial charge on any atom is -0.475 e. The van der Waals surface area contributed by atoms with Crippen LogP contribution < -0.4 is 5.32 Å². The molecule has 0 aromatic carbocycles. The molecule has 1 saturated heterocycles. The molecule has 3 aromatic rings. The first-order valence-electron chi connectivity index (χ1n) is 13.3. The molecule has 0 bridgehead atoms. The summed E-state index contributed by atoms with van der Waals surface area (Å²) in [6.07, 6.45) is -7.42. The van der Waals surface area contributed by atoms with Crippen LogP contribution in [0.1, 0.15) is 30.1 Å². The summed E-state index contributed by atoms with van der Waals surface area (Å²) in [7, 11) is 0. The van der Waals surface area contributed by atoms with Gasteiger partial charge in [0.2, 0.25) is 0 Å². The number of carbonyl (C=O) groups is 3. The third-order valence-electron chi connectivity index (χ3n) is 6.54. The molecule has 48 heavy (non-hydrogen) atoms. The molecule has 1 fully saturated rings. The average Bonchev–Trinajstić information content (AvgIpc) is 3.61. The fourth-order valence-corrected chi connectivity index (χ4v) is 4.43. The number of nitrogens with one attached hydrogen (secondary N) is 1. The number of aromatic nitrogens is 4. The zero-order valence-electron chi connectivity index (χ0n) is 24.5. The van der Waals surface area contributed by atoms with Crippen LogP contribution in [0.15, 0.2) is 41.3 Å². The smallest absolute Gasteiger partial charge is 0.475 e. The van der Waals surface area contributed by atoms with Gasteiger partial charge in [-0.3, -0.25) is 9.88 Å². The van der Waals surface area contributed by atoms with Crippen LogP contribution in [0.4, 0.5) is 39.5 Å². The highest BCUT2D eigenvalue weighted by atomic mass is 19.4. The van der Waals surface area contributed by atoms with Crippen molar-refractivity contribution in [3.63, 3.8) is 0 Å². The molecular weight excluding hydrogens is 679 g/mol. The zero-order chi connectivity index (χ0) is 36.5. The van der Waals surface area contributed by atoms with Crippen molar-refractivity contribution in [1.29, 1.82) is 0 Å². The number of alkyl halides is 9. The normalized spacial score (nSPS) is 15.8. The van der Waals surface area contributed by atoms with Gasteiger partial charge < -0.3 is 29.7 Å². The predicted octanol–water partition coefficient (Wildman–Crippen LogP) is 4.24. The number of piperidine rings is 1. The van der Waals surface area contributed by atoms with Gasteiger partial charge in [0.05, 0.1) is 23.1 Å². The van der Waals surface area contributed by atoms with Crippen molar-refractivity contribution in [3.05, 3.63) is 54.1 Å². The summed E-state index contributed by atoms with van der Waals surface area (Å²) >= 11 is 0. The van der Waals surface area contributed by atoms with Crippen molar-refractivity contribution in [2.24, 2.45) is 0 Å². The first-order chi connectivity index (χ1) is 22.1. The van der Waals surface area contributed by atoms with E-state index in [2.05, 4.69) is 31.0 Å². The number of likely N-dealkylation sites (tertiary alicyclic amines) is 1. The molecule has 1 spiro atoms. The lowest BCUT2D eigenvalue weighted by Gasteiger charge is -2.44. The number of carboxylic acids is 3. The SMILES string of the molecule is Cc1cc(CN2CCC3(CC2)NCCn2c(-c4cccnc4)cnc23)no1.O=C(O)C(F)(F)F.O=C(O)C(F)(F)F.O=C(O)C(F)(F)F. The summed E-state index contributed by atoms with van der Waals surface area (Å²) in [6.45, 7) is 6.75. The van der Waals surface area contributed by atoms with Crippen molar-refractivity contribution >= 4 is 17.9 Å². The van der Waals surface area contributed by atoms with E-state index in [4.69, 9.17) is 39.2 Å². The third kappa shape index (κ3) is 11.5. The van der Waals surface area contributed by atoms with Crippen LogP contribution in [0.25, 0.3) is 11.3 Å². The molecule has 5 heterocycles. The molecule has 0 aliphatic carbocycles. The number of imidazole rings is 1. The number of aryl methyl sites for hydroxylation is 1. The molecule has 5 rings (SSSR count). The Morgan fingerprint density at radius 1 is 0.896 bits per heavy atom. The number of carboxylic acid groups (broad SMARTS) is 3. The van der Waals surface area contributed by atoms with Crippen molar-refractivity contribution in [2.45, 2.75) is 56.9 Å². The van der Waals surface area contributed by atoms with Crippen LogP contribution in [0, 0.1) is 6.92 Å². The fourth-order valence-electron chi connectivity index (χ4n) is 4.43. The van der Waals surface area contributed by atoms with E-state index in [1.54, 1.807) is 0 Å². The number of aliphatic carboxylic acids is 3. The number of hydrogen-bond donors (Lipinski definition) is 4. The van der Waals surface area contributed by atoms with Gasteiger partial charge in [-0.15, -0.1) is 0 Å². The summed E-state index contributed by atoms with van der Waals surface area (Å²) < 4.78 is 103. The first-order valence-corrected chi connectivity index (χ1v) is 13.3. The molecule has 13 nitrogen and oxygen atoms in total. The number of pyridine rings is 1. The number of nitrogens with zero attached hydrogens (tertiary/aromatic N) is 5. The molecule has 0 saturated carbocycles. The minimum absolute atomic E-state index is 0.0328. The van der Waals surface area contributed by atoms with Gasteiger partial charge in [-0.25, -0.2) is 19.4 Å². The highest BCUT2D eigenvalue weighted by molar-refractivity contribution is 5.73. The summed E-state index contributed by atoms with van der Waals surface area (Å²) in [5.41, 5.74) is 3.28. The van der Waals surface area contributed by atoms with Crippen LogP contribution in [0.2, 0.25) is 0 Å². The molecule has 2 aliphatic heterocycles. The predicted molar refractivity (Wildman–Crippen MR) is 142 cm³/mol. The minimum atomic E-state index is -5.08. The molecule has 22 heteroatoms. The third-order valence-corrected chi connectivity index (χ3v) is 6.54. The quantitative estimate of drug-likeness (QED) is 0.285. The fraction of sp³-hybridized carbons (Fsp3) is 0.462. The average molecular weight is 707 g/mol. The Morgan fingerprint density at radius 3 is 1.83 bits per heavy atom. The zero-order valence-corrected chi connectivity index (χ0v) is 24.5. The number of hydrogen-bond acceptors (Lipinski definition) is 9. The molecule has 0 amide bonds. The maximum atomic E-state index is 10.6. The van der Waals surface area contributed by atoms with Gasteiger partial charge in [-0.2, -0.15) is 39.5 Å². The molecule has 266 valence electrons. The van der Waals surface area contributed by atoms with Crippen LogP contribution in [0.5, 0.6) is 0 Å². The van der Waals surface area contributed by atoms with Crippen molar-refractivity contribution in [2.75, 3.05) is 19.6 Å². The van der Waals surface area contributed by atoms with Gasteiger partial charge in [0.1, 0.15) is 11.6 Å². The highest BCUT2D eigenvalue weighted by Gasteiger charge is 2.42. The van der Waals surface area contributed by atoms with Crippen molar-refractivity contribution in [1.82, 2.24) is 29.9 Å². The van der Waals surface area contributed by atoms with Crippen LogP contribution in [0.3, 0.4) is 0 Å². The molecule has 0 radical (unpaired) electrons. The maximum absolute atomic E-state index is 10.6. The van der Waals surface area contributed by atoms with Gasteiger partial charge in [-0.05, 0) is 31.9 Å². The second kappa shape index (κ2) is 15.9. The van der Waals surface area contributed by atoms with E-state index in [-0.39, 0.29) is 5.54 Å². The Bertz CT molecular complexity index is 1460. The van der Waals surface area contributed by atoms with E-state index >= 15 is 0 Å². The van der Waals surface area contributed by atoms with Crippen LogP contribution in [-0.2, 0) is 33.0 Å². The Balaban J connectivity index is 0.000000313. The highest BCUT2D eigenvalue weighted by Crippen LogP contribution is 2.37. The maximum Gasteiger partial charge on any atom is 0.490 e. The lowest BCUT2D eigenvalue weighted by Crippen LogP contribution is -2.55. The monoisotopic (exact) mass is 706 g/mol. The summed E-state index contributed by atoms with van der Waals surface area (Å²) in [5, 5.41) is 29.3. The Morgan fingerprint density at radius 2 is 1.42 bits per heavy atom. The second-order valence-electron chi connectivity index (χ2n) is 9.98. The molecule has 0 atom stereocenters. The number of halogens is 9. The van der Waals surface area contributed by atoms with Crippen molar-refractivity contribution < 1.29 is 73.7 Å². The number of fused-ring (bicyclic) bond motifs is 2. The molecule has 0 unspecified atom stereocenters. The standard InChI is InChI=1S/C20H24N6O.3C2HF3O2/c1-15-11-17(24-27-15)14-25-8-4-20(5-9-25)19-22-13-18(26(19)10-7-23-20)16-3-2-6-21-12-16;3*3-2(4,5)1(6)7/h2-3,6,11-13,23H,4-5,7-10,14H2,1H3;3*(H,6,7). The topological polar surface area (TPSA) is 184 Å². The van der Waals surface area contributed by atoms with Crippen LogP contribution >= 0.6 is 0 Å². The molecule has 3 aromatic heterocycles. The van der Waals surface area contributed by atoms with Gasteiger partial charge in [0.25, 0.3) is 0 Å². The van der Waals surface area contributed by atoms with E-state index in [1.165, 1.54) is 11.5 Å². The summed E-state index contributed by atoms with van der Waals surface area (Å²) in [5.74, 6) is -6.23.